The molecule has 0 spiro atoms. The highest BCUT2D eigenvalue weighted by molar-refractivity contribution is 6.30. The monoisotopic (exact) mass is 431 g/mol. The lowest BCUT2D eigenvalue weighted by Gasteiger charge is -2.34. The molecule has 1 fully saturated rings. The van der Waals surface area contributed by atoms with E-state index >= 15 is 0 Å². The SMILES string of the molecule is NC(=O)COCCOCCN1CCN(Cc2ccc(-c3ccc(Cl)cc3)cc2)CC1. The zero-order valence-corrected chi connectivity index (χ0v) is 18.0. The van der Waals surface area contributed by atoms with E-state index in [4.69, 9.17) is 26.8 Å². The molecule has 0 saturated carbocycles. The van der Waals surface area contributed by atoms with Crippen molar-refractivity contribution in [2.45, 2.75) is 6.54 Å². The fourth-order valence-electron chi connectivity index (χ4n) is 3.46. The molecule has 0 aliphatic carbocycles. The number of primary amides is 1. The smallest absolute Gasteiger partial charge is 0.243 e. The molecular formula is C23H30ClN3O3. The number of hydrogen-bond donors (Lipinski definition) is 1. The average molecular weight is 432 g/mol. The molecule has 30 heavy (non-hydrogen) atoms. The number of piperazine rings is 1. The van der Waals surface area contributed by atoms with Gasteiger partial charge in [-0.1, -0.05) is 48.0 Å². The molecule has 1 aliphatic heterocycles. The van der Waals surface area contributed by atoms with Crippen LogP contribution in [0, 0.1) is 0 Å². The van der Waals surface area contributed by atoms with Crippen molar-refractivity contribution in [3.8, 4) is 11.1 Å². The Labute approximate surface area is 183 Å². The first-order valence-electron chi connectivity index (χ1n) is 10.3. The van der Waals surface area contributed by atoms with Crippen LogP contribution in [0.4, 0.5) is 0 Å². The summed E-state index contributed by atoms with van der Waals surface area (Å²) in [6, 6.07) is 16.7. The molecule has 1 aliphatic rings. The Morgan fingerprint density at radius 1 is 0.833 bits per heavy atom. The van der Waals surface area contributed by atoms with E-state index in [0.29, 0.717) is 19.8 Å². The van der Waals surface area contributed by atoms with Gasteiger partial charge in [-0.15, -0.1) is 0 Å². The third-order valence-electron chi connectivity index (χ3n) is 5.17. The van der Waals surface area contributed by atoms with Crippen molar-refractivity contribution in [2.75, 3.05) is 59.2 Å². The second-order valence-corrected chi connectivity index (χ2v) is 7.89. The summed E-state index contributed by atoms with van der Waals surface area (Å²) in [5.74, 6) is -0.453. The molecule has 1 amide bonds. The number of amides is 1. The number of carbonyl (C=O) groups excluding carboxylic acids is 1. The summed E-state index contributed by atoms with van der Waals surface area (Å²) in [6.07, 6.45) is 0. The van der Waals surface area contributed by atoms with Crippen molar-refractivity contribution in [2.24, 2.45) is 5.73 Å². The first-order chi connectivity index (χ1) is 14.6. The highest BCUT2D eigenvalue weighted by Gasteiger charge is 2.16. The lowest BCUT2D eigenvalue weighted by molar-refractivity contribution is -0.123. The fourth-order valence-corrected chi connectivity index (χ4v) is 3.59. The summed E-state index contributed by atoms with van der Waals surface area (Å²) < 4.78 is 10.6. The fraction of sp³-hybridized carbons (Fsp3) is 0.435. The van der Waals surface area contributed by atoms with E-state index in [-0.39, 0.29) is 6.61 Å². The average Bonchev–Trinajstić information content (AvgIpc) is 2.75. The Morgan fingerprint density at radius 2 is 1.40 bits per heavy atom. The van der Waals surface area contributed by atoms with Crippen molar-refractivity contribution < 1.29 is 14.3 Å². The van der Waals surface area contributed by atoms with Crippen molar-refractivity contribution in [1.29, 1.82) is 0 Å². The lowest BCUT2D eigenvalue weighted by Crippen LogP contribution is -2.46. The van der Waals surface area contributed by atoms with Gasteiger partial charge in [-0.05, 0) is 28.8 Å². The molecule has 2 aromatic rings. The lowest BCUT2D eigenvalue weighted by atomic mass is 10.0. The molecule has 0 atom stereocenters. The minimum atomic E-state index is -0.453. The molecule has 3 rings (SSSR count). The molecule has 0 unspecified atom stereocenters. The van der Waals surface area contributed by atoms with Gasteiger partial charge in [-0.2, -0.15) is 0 Å². The van der Waals surface area contributed by atoms with Gasteiger partial charge in [-0.3, -0.25) is 14.6 Å². The zero-order valence-electron chi connectivity index (χ0n) is 17.3. The molecule has 6 nitrogen and oxygen atoms in total. The number of nitrogens with zero attached hydrogens (tertiary/aromatic N) is 2. The molecule has 2 aromatic carbocycles. The summed E-state index contributed by atoms with van der Waals surface area (Å²) >= 11 is 5.97. The molecular weight excluding hydrogens is 402 g/mol. The third-order valence-corrected chi connectivity index (χ3v) is 5.42. The Hall–Kier alpha value is -1.96. The van der Waals surface area contributed by atoms with Crippen LogP contribution < -0.4 is 5.73 Å². The standard InChI is InChI=1S/C23H30ClN3O3/c24-22-7-5-21(6-8-22)20-3-1-19(2-4-20)17-27-11-9-26(10-12-27)13-14-29-15-16-30-18-23(25)28/h1-8H,9-18H2,(H2,25,28). The minimum Gasteiger partial charge on any atom is -0.378 e. The van der Waals surface area contributed by atoms with Crippen molar-refractivity contribution >= 4 is 17.5 Å². The van der Waals surface area contributed by atoms with E-state index in [1.807, 2.05) is 12.1 Å². The molecule has 162 valence electrons. The van der Waals surface area contributed by atoms with E-state index in [0.717, 1.165) is 44.3 Å². The predicted octanol–water partition coefficient (Wildman–Crippen LogP) is 2.64. The van der Waals surface area contributed by atoms with Crippen LogP contribution in [-0.4, -0.2) is 74.9 Å². The summed E-state index contributed by atoms with van der Waals surface area (Å²) in [6.45, 7) is 7.60. The second kappa shape index (κ2) is 12.0. The van der Waals surface area contributed by atoms with Crippen LogP contribution in [0.3, 0.4) is 0 Å². The van der Waals surface area contributed by atoms with Gasteiger partial charge >= 0.3 is 0 Å². The number of hydrogen-bond acceptors (Lipinski definition) is 5. The summed E-state index contributed by atoms with van der Waals surface area (Å²) in [4.78, 5) is 15.5. The Kier molecular flexibility index (Phi) is 9.11. The number of nitrogens with two attached hydrogens (primary N) is 1. The van der Waals surface area contributed by atoms with E-state index in [9.17, 15) is 4.79 Å². The Bertz CT molecular complexity index is 775. The van der Waals surface area contributed by atoms with Crippen LogP contribution in [0.15, 0.2) is 48.5 Å². The molecule has 1 saturated heterocycles. The number of ether oxygens (including phenoxy) is 2. The number of benzene rings is 2. The van der Waals surface area contributed by atoms with Gasteiger partial charge in [0.15, 0.2) is 0 Å². The maximum Gasteiger partial charge on any atom is 0.243 e. The molecule has 0 aromatic heterocycles. The van der Waals surface area contributed by atoms with Crippen molar-refractivity contribution in [3.05, 3.63) is 59.1 Å². The topological polar surface area (TPSA) is 68.0 Å². The molecule has 1 heterocycles. The second-order valence-electron chi connectivity index (χ2n) is 7.45. The Morgan fingerprint density at radius 3 is 2.03 bits per heavy atom. The molecule has 0 radical (unpaired) electrons. The maximum atomic E-state index is 10.6. The normalized spacial score (nSPS) is 15.4. The summed E-state index contributed by atoms with van der Waals surface area (Å²) in [7, 11) is 0. The quantitative estimate of drug-likeness (QED) is 0.554. The van der Waals surface area contributed by atoms with Crippen LogP contribution in [0.5, 0.6) is 0 Å². The first-order valence-corrected chi connectivity index (χ1v) is 10.7. The first kappa shape index (κ1) is 22.7. The maximum absolute atomic E-state index is 10.6. The van der Waals surface area contributed by atoms with Gasteiger partial charge in [0.2, 0.25) is 5.91 Å². The highest BCUT2D eigenvalue weighted by atomic mass is 35.5. The number of rotatable bonds is 11. The molecule has 2 N–H and O–H groups in total. The van der Waals surface area contributed by atoms with Crippen LogP contribution >= 0.6 is 11.6 Å². The van der Waals surface area contributed by atoms with Crippen LogP contribution in [0.25, 0.3) is 11.1 Å². The van der Waals surface area contributed by atoms with Crippen LogP contribution in [0.2, 0.25) is 5.02 Å². The Balaban J connectivity index is 1.32. The van der Waals surface area contributed by atoms with Crippen molar-refractivity contribution in [1.82, 2.24) is 9.80 Å². The van der Waals surface area contributed by atoms with Gasteiger partial charge in [0.05, 0.1) is 19.8 Å². The minimum absolute atomic E-state index is 0.0465. The highest BCUT2D eigenvalue weighted by Crippen LogP contribution is 2.22. The van der Waals surface area contributed by atoms with E-state index in [2.05, 4.69) is 46.2 Å². The summed E-state index contributed by atoms with van der Waals surface area (Å²) in [5, 5.41) is 0.760. The van der Waals surface area contributed by atoms with Gasteiger partial charge in [0.1, 0.15) is 6.61 Å². The van der Waals surface area contributed by atoms with E-state index in [1.54, 1.807) is 0 Å². The number of halogens is 1. The zero-order chi connectivity index (χ0) is 21.2. The van der Waals surface area contributed by atoms with E-state index in [1.165, 1.54) is 16.7 Å². The van der Waals surface area contributed by atoms with Crippen LogP contribution in [0.1, 0.15) is 5.56 Å². The van der Waals surface area contributed by atoms with Crippen LogP contribution in [-0.2, 0) is 20.8 Å². The van der Waals surface area contributed by atoms with Gasteiger partial charge in [-0.25, -0.2) is 0 Å². The largest absolute Gasteiger partial charge is 0.378 e. The van der Waals surface area contributed by atoms with E-state index < -0.39 is 5.91 Å². The molecule has 7 heteroatoms. The summed E-state index contributed by atoms with van der Waals surface area (Å²) in [5.41, 5.74) is 8.73. The number of carbonyl (C=O) groups is 1. The van der Waals surface area contributed by atoms with Gasteiger partial charge < -0.3 is 15.2 Å². The predicted molar refractivity (Wildman–Crippen MR) is 119 cm³/mol. The molecule has 0 bridgehead atoms. The van der Waals surface area contributed by atoms with Gasteiger partial charge in [0, 0.05) is 44.3 Å². The van der Waals surface area contributed by atoms with Crippen molar-refractivity contribution in [3.63, 3.8) is 0 Å². The van der Waals surface area contributed by atoms with Gasteiger partial charge in [0.25, 0.3) is 0 Å². The third kappa shape index (κ3) is 7.70.